The minimum absolute atomic E-state index is 0.00319. The van der Waals surface area contributed by atoms with Gasteiger partial charge < -0.3 is 40.6 Å². The van der Waals surface area contributed by atoms with Gasteiger partial charge in [-0.2, -0.15) is 0 Å². The molecule has 0 spiro atoms. The summed E-state index contributed by atoms with van der Waals surface area (Å²) < 4.78 is 12.0. The predicted molar refractivity (Wildman–Crippen MR) is 221 cm³/mol. The number of aliphatic hydroxyl groups is 1. The van der Waals surface area contributed by atoms with Gasteiger partial charge >= 0.3 is 5.97 Å². The second kappa shape index (κ2) is 18.3. The van der Waals surface area contributed by atoms with E-state index in [1.165, 1.54) is 12.1 Å². The summed E-state index contributed by atoms with van der Waals surface area (Å²) in [6.07, 6.45) is 7.68. The van der Waals surface area contributed by atoms with Crippen LogP contribution in [-0.2, 0) is 32.7 Å². The zero-order chi connectivity index (χ0) is 39.9. The molecule has 0 unspecified atom stereocenters. The first-order valence-corrected chi connectivity index (χ1v) is 20.6. The standard InChI is InChI=1S/C44H54ClN5O7/c1-56-38-23-35(34(45)22-30(38)24-46-25-37(52)32-10-12-36(51)42-33(32)11-13-40(53)49-42)48-26-41(54)47-18-6-8-28-7-5-9-31(21-28)44(16-3-2-4-17-44)43(55)57-39-27-50-19-14-29(39)15-20-50/h5,7,9-13,21-23,29,37,39,46,48,51-52H,2-4,6,8,14-20,24-27H2,1H3,(H,47,54)(H,49,53)/t37-,39+/m1/s1. The van der Waals surface area contributed by atoms with Crippen LogP contribution in [0.5, 0.6) is 11.5 Å². The van der Waals surface area contributed by atoms with Crippen molar-refractivity contribution in [1.29, 1.82) is 0 Å². The number of fused-ring (bicyclic) bond motifs is 4. The summed E-state index contributed by atoms with van der Waals surface area (Å²) >= 11 is 6.62. The van der Waals surface area contributed by atoms with Crippen LogP contribution in [0.4, 0.5) is 5.69 Å². The van der Waals surface area contributed by atoms with Gasteiger partial charge in [-0.1, -0.05) is 61.2 Å². The van der Waals surface area contributed by atoms with Crippen LogP contribution in [0, 0.1) is 5.92 Å². The Balaban J connectivity index is 0.876. The van der Waals surface area contributed by atoms with Crippen molar-refractivity contribution in [3.8, 4) is 11.5 Å². The zero-order valence-electron chi connectivity index (χ0n) is 32.6. The summed E-state index contributed by atoms with van der Waals surface area (Å²) in [4.78, 5) is 43.6. The summed E-state index contributed by atoms with van der Waals surface area (Å²) in [5, 5.41) is 31.4. The molecule has 4 fully saturated rings. The Kier molecular flexibility index (Phi) is 13.0. The molecule has 3 aliphatic heterocycles. The first-order valence-electron chi connectivity index (χ1n) is 20.3. The number of phenolic OH excluding ortho intramolecular Hbond substituents is 1. The van der Waals surface area contributed by atoms with Crippen molar-refractivity contribution < 1.29 is 29.3 Å². The Labute approximate surface area is 338 Å². The van der Waals surface area contributed by atoms with E-state index in [0.29, 0.717) is 46.4 Å². The number of H-pyrrole nitrogens is 1. The average molecular weight is 800 g/mol. The fourth-order valence-electron chi connectivity index (χ4n) is 8.90. The molecule has 0 radical (unpaired) electrons. The number of ether oxygens (including phenoxy) is 2. The molecular formula is C44H54ClN5O7. The van der Waals surface area contributed by atoms with Crippen LogP contribution < -0.4 is 26.2 Å². The van der Waals surface area contributed by atoms with Gasteiger partial charge in [0, 0.05) is 49.3 Å². The largest absolute Gasteiger partial charge is 0.506 e. The quantitative estimate of drug-likeness (QED) is 0.0611. The number of benzene rings is 3. The number of nitrogens with zero attached hydrogens (tertiary/aromatic N) is 1. The number of aromatic hydroxyl groups is 1. The average Bonchev–Trinajstić information content (AvgIpc) is 3.23. The summed E-state index contributed by atoms with van der Waals surface area (Å²) in [5.41, 5.74) is 3.42. The van der Waals surface area contributed by atoms with E-state index in [2.05, 4.69) is 50.1 Å². The topological polar surface area (TPSA) is 165 Å². The molecule has 1 saturated carbocycles. The third kappa shape index (κ3) is 9.41. The van der Waals surface area contributed by atoms with Gasteiger partial charge in [-0.3, -0.25) is 19.3 Å². The maximum absolute atomic E-state index is 14.0. The molecule has 4 heterocycles. The van der Waals surface area contributed by atoms with E-state index in [0.717, 1.165) is 94.1 Å². The number of aliphatic hydroxyl groups excluding tert-OH is 1. The van der Waals surface area contributed by atoms with Crippen molar-refractivity contribution in [2.24, 2.45) is 5.92 Å². The van der Waals surface area contributed by atoms with E-state index in [-0.39, 0.29) is 47.9 Å². The highest BCUT2D eigenvalue weighted by molar-refractivity contribution is 6.33. The lowest BCUT2D eigenvalue weighted by molar-refractivity contribution is -0.167. The van der Waals surface area contributed by atoms with E-state index in [1.807, 2.05) is 0 Å². The van der Waals surface area contributed by atoms with Crippen LogP contribution in [0.3, 0.4) is 0 Å². The molecule has 2 bridgehead atoms. The summed E-state index contributed by atoms with van der Waals surface area (Å²) in [6.45, 7) is 4.14. The van der Waals surface area contributed by atoms with Crippen LogP contribution in [0.2, 0.25) is 5.02 Å². The SMILES string of the molecule is COc1cc(NCC(=O)NCCCc2cccc(C3(C(=O)O[C@H]4CN5CCC4CC5)CCCCC3)c2)c(Cl)cc1CNC[C@@H](O)c1ccc(O)c2[nH]c(=O)ccc12. The van der Waals surface area contributed by atoms with Crippen LogP contribution >= 0.6 is 11.6 Å². The number of hydrogen-bond acceptors (Lipinski definition) is 10. The highest BCUT2D eigenvalue weighted by Gasteiger charge is 2.46. The van der Waals surface area contributed by atoms with Gasteiger partial charge in [-0.05, 0) is 92.4 Å². The molecule has 8 rings (SSSR count). The zero-order valence-corrected chi connectivity index (χ0v) is 33.3. The van der Waals surface area contributed by atoms with Crippen molar-refractivity contribution >= 4 is 40.1 Å². The lowest BCUT2D eigenvalue weighted by Crippen LogP contribution is -2.53. The molecule has 304 valence electrons. The summed E-state index contributed by atoms with van der Waals surface area (Å²) in [5.74, 6) is 0.758. The Hall–Kier alpha value is -4.62. The number of pyridine rings is 1. The van der Waals surface area contributed by atoms with E-state index < -0.39 is 11.5 Å². The number of methoxy groups -OCH3 is 1. The van der Waals surface area contributed by atoms with Gasteiger partial charge in [0.2, 0.25) is 11.5 Å². The minimum Gasteiger partial charge on any atom is -0.506 e. The number of esters is 1. The number of amides is 1. The summed E-state index contributed by atoms with van der Waals surface area (Å²) in [7, 11) is 1.55. The molecule has 3 saturated heterocycles. The number of carbonyl (C=O) groups is 2. The molecule has 1 aromatic heterocycles. The number of phenols is 1. The van der Waals surface area contributed by atoms with E-state index in [4.69, 9.17) is 21.1 Å². The van der Waals surface area contributed by atoms with Gasteiger partial charge in [0.1, 0.15) is 17.6 Å². The Morgan fingerprint density at radius 1 is 1.05 bits per heavy atom. The maximum Gasteiger partial charge on any atom is 0.316 e. The van der Waals surface area contributed by atoms with Gasteiger partial charge in [-0.15, -0.1) is 0 Å². The number of aryl methyl sites for hydroxylation is 1. The molecule has 57 heavy (non-hydrogen) atoms. The second-order valence-electron chi connectivity index (χ2n) is 15.8. The van der Waals surface area contributed by atoms with Crippen molar-refractivity contribution in [1.82, 2.24) is 20.5 Å². The van der Waals surface area contributed by atoms with Crippen LogP contribution in [-0.4, -0.2) is 84.5 Å². The molecule has 12 nitrogen and oxygen atoms in total. The van der Waals surface area contributed by atoms with Crippen molar-refractivity contribution in [3.05, 3.63) is 98.3 Å². The Morgan fingerprint density at radius 3 is 2.61 bits per heavy atom. The number of piperidine rings is 3. The molecule has 13 heteroatoms. The number of rotatable bonds is 16. The first-order chi connectivity index (χ1) is 27.6. The van der Waals surface area contributed by atoms with E-state index >= 15 is 0 Å². The molecule has 4 aromatic rings. The van der Waals surface area contributed by atoms with E-state index in [9.17, 15) is 24.6 Å². The van der Waals surface area contributed by atoms with Gasteiger partial charge in [0.05, 0.1) is 41.4 Å². The molecule has 1 amide bonds. The number of halogens is 1. The monoisotopic (exact) mass is 799 g/mol. The third-order valence-electron chi connectivity index (χ3n) is 12.1. The fourth-order valence-corrected chi connectivity index (χ4v) is 9.16. The molecule has 4 aliphatic rings. The number of carbonyl (C=O) groups excluding carboxylic acids is 2. The number of anilines is 1. The van der Waals surface area contributed by atoms with Crippen LogP contribution in [0.1, 0.15) is 79.7 Å². The predicted octanol–water partition coefficient (Wildman–Crippen LogP) is 5.72. The molecule has 6 N–H and O–H groups in total. The number of hydrogen-bond donors (Lipinski definition) is 6. The summed E-state index contributed by atoms with van der Waals surface area (Å²) in [6, 6.07) is 17.9. The highest BCUT2D eigenvalue weighted by Crippen LogP contribution is 2.42. The lowest BCUT2D eigenvalue weighted by atomic mass is 9.69. The first kappa shape index (κ1) is 40.6. The lowest BCUT2D eigenvalue weighted by Gasteiger charge is -2.45. The number of aromatic nitrogens is 1. The van der Waals surface area contributed by atoms with E-state index in [1.54, 1.807) is 31.4 Å². The van der Waals surface area contributed by atoms with Crippen LogP contribution in [0.15, 0.2) is 65.5 Å². The minimum atomic E-state index is -0.922. The Bertz CT molecular complexity index is 2110. The highest BCUT2D eigenvalue weighted by atomic mass is 35.5. The molecule has 2 atom stereocenters. The normalized spacial score (nSPS) is 20.5. The van der Waals surface area contributed by atoms with Crippen LogP contribution in [0.25, 0.3) is 10.9 Å². The number of nitrogens with one attached hydrogen (secondary N) is 4. The van der Waals surface area contributed by atoms with Gasteiger partial charge in [0.15, 0.2) is 0 Å². The van der Waals surface area contributed by atoms with Crippen molar-refractivity contribution in [2.45, 2.75) is 82.0 Å². The Morgan fingerprint density at radius 2 is 1.86 bits per heavy atom. The molecular weight excluding hydrogens is 746 g/mol. The number of aromatic amines is 1. The smallest absolute Gasteiger partial charge is 0.316 e. The fraction of sp³-hybridized carbons (Fsp3) is 0.477. The van der Waals surface area contributed by atoms with Crippen molar-refractivity contribution in [2.75, 3.05) is 51.7 Å². The van der Waals surface area contributed by atoms with Gasteiger partial charge in [-0.25, -0.2) is 0 Å². The van der Waals surface area contributed by atoms with Crippen molar-refractivity contribution in [3.63, 3.8) is 0 Å². The maximum atomic E-state index is 14.0. The second-order valence-corrected chi connectivity index (χ2v) is 16.2. The third-order valence-corrected chi connectivity index (χ3v) is 12.4. The molecule has 3 aromatic carbocycles. The molecule has 1 aliphatic carbocycles. The van der Waals surface area contributed by atoms with Gasteiger partial charge in [0.25, 0.3) is 0 Å².